The van der Waals surface area contributed by atoms with Crippen LogP contribution in [0.5, 0.6) is 0 Å². The number of hydrogen-bond acceptors (Lipinski definition) is 4. The molecule has 0 saturated carbocycles. The minimum absolute atomic E-state index is 0.168. The van der Waals surface area contributed by atoms with Crippen molar-refractivity contribution >= 4 is 17.7 Å². The molecular formula is C20H22N4OS. The van der Waals surface area contributed by atoms with Crippen molar-refractivity contribution in [3.8, 4) is 17.1 Å². The zero-order valence-electron chi connectivity index (χ0n) is 14.8. The fourth-order valence-electron chi connectivity index (χ4n) is 2.70. The number of hydrogen-bond donors (Lipinski definition) is 1. The molecule has 1 heterocycles. The molecule has 0 aliphatic heterocycles. The summed E-state index contributed by atoms with van der Waals surface area (Å²) in [4.78, 5) is 11.2. The topological polar surface area (TPSA) is 73.8 Å². The predicted molar refractivity (Wildman–Crippen MR) is 105 cm³/mol. The van der Waals surface area contributed by atoms with Crippen LogP contribution in [0.25, 0.3) is 17.1 Å². The monoisotopic (exact) mass is 366 g/mol. The number of unbranched alkanes of at least 4 members (excludes halogenated alkanes) is 1. The second-order valence-corrected chi connectivity index (χ2v) is 6.98. The normalized spacial score (nSPS) is 10.8. The summed E-state index contributed by atoms with van der Waals surface area (Å²) in [7, 11) is 0. The Kier molecular flexibility index (Phi) is 6.07. The summed E-state index contributed by atoms with van der Waals surface area (Å²) in [5.41, 5.74) is 8.56. The van der Waals surface area contributed by atoms with Gasteiger partial charge in [-0.25, -0.2) is 0 Å². The second-order valence-electron chi connectivity index (χ2n) is 6.03. The van der Waals surface area contributed by atoms with Crippen LogP contribution in [0.2, 0.25) is 0 Å². The van der Waals surface area contributed by atoms with E-state index in [0.717, 1.165) is 23.5 Å². The number of benzene rings is 2. The summed E-state index contributed by atoms with van der Waals surface area (Å²) >= 11 is 1.30. The number of aryl methyl sites for hydroxylation is 1. The van der Waals surface area contributed by atoms with E-state index in [2.05, 4.69) is 41.4 Å². The third-order valence-corrected chi connectivity index (χ3v) is 4.97. The SMILES string of the molecule is CCCCc1ccc(-n2c(SCC(N)=O)nnc2-c2ccccc2)cc1. The number of primary amides is 1. The van der Waals surface area contributed by atoms with Crippen molar-refractivity contribution in [2.24, 2.45) is 5.73 Å². The summed E-state index contributed by atoms with van der Waals surface area (Å²) in [6.07, 6.45) is 3.44. The third kappa shape index (κ3) is 4.32. The molecule has 2 N–H and O–H groups in total. The standard InChI is InChI=1S/C20H22N4OS/c1-2-3-7-15-10-12-17(13-11-15)24-19(16-8-5-4-6-9-16)22-23-20(24)26-14-18(21)25/h4-6,8-13H,2-3,7,14H2,1H3,(H2,21,25). The molecule has 2 aromatic carbocycles. The van der Waals surface area contributed by atoms with Gasteiger partial charge in [0.2, 0.25) is 5.91 Å². The number of thioether (sulfide) groups is 1. The molecule has 26 heavy (non-hydrogen) atoms. The van der Waals surface area contributed by atoms with E-state index < -0.39 is 0 Å². The smallest absolute Gasteiger partial charge is 0.227 e. The van der Waals surface area contributed by atoms with Gasteiger partial charge in [-0.15, -0.1) is 10.2 Å². The van der Waals surface area contributed by atoms with Gasteiger partial charge in [0.1, 0.15) is 0 Å². The van der Waals surface area contributed by atoms with Crippen molar-refractivity contribution < 1.29 is 4.79 Å². The minimum atomic E-state index is -0.374. The average Bonchev–Trinajstić information content (AvgIpc) is 3.10. The van der Waals surface area contributed by atoms with Gasteiger partial charge in [0.15, 0.2) is 11.0 Å². The Morgan fingerprint density at radius 1 is 1.08 bits per heavy atom. The highest BCUT2D eigenvalue weighted by molar-refractivity contribution is 7.99. The van der Waals surface area contributed by atoms with Gasteiger partial charge in [-0.3, -0.25) is 9.36 Å². The quantitative estimate of drug-likeness (QED) is 0.615. The number of carbonyl (C=O) groups is 1. The number of nitrogens with zero attached hydrogens (tertiary/aromatic N) is 3. The lowest BCUT2D eigenvalue weighted by Crippen LogP contribution is -2.13. The second kappa shape index (κ2) is 8.67. The van der Waals surface area contributed by atoms with Gasteiger partial charge < -0.3 is 5.73 Å². The summed E-state index contributed by atoms with van der Waals surface area (Å²) in [6, 6.07) is 18.3. The highest BCUT2D eigenvalue weighted by atomic mass is 32.2. The van der Waals surface area contributed by atoms with Crippen LogP contribution in [0.1, 0.15) is 25.3 Å². The molecule has 1 amide bonds. The fourth-order valence-corrected chi connectivity index (χ4v) is 3.39. The molecular weight excluding hydrogens is 344 g/mol. The van der Waals surface area contributed by atoms with Crippen LogP contribution in [0.4, 0.5) is 0 Å². The van der Waals surface area contributed by atoms with Crippen molar-refractivity contribution in [3.05, 3.63) is 60.2 Å². The van der Waals surface area contributed by atoms with Gasteiger partial charge in [-0.05, 0) is 30.5 Å². The Bertz CT molecular complexity index is 859. The molecule has 0 radical (unpaired) electrons. The molecule has 0 aliphatic rings. The number of carbonyl (C=O) groups excluding carboxylic acids is 1. The Morgan fingerprint density at radius 3 is 2.46 bits per heavy atom. The third-order valence-electron chi connectivity index (χ3n) is 4.02. The molecule has 6 heteroatoms. The Balaban J connectivity index is 1.99. The molecule has 0 spiro atoms. The van der Waals surface area contributed by atoms with Gasteiger partial charge in [-0.1, -0.05) is 67.6 Å². The molecule has 0 fully saturated rings. The van der Waals surface area contributed by atoms with Crippen LogP contribution in [0.3, 0.4) is 0 Å². The van der Waals surface area contributed by atoms with Crippen molar-refractivity contribution in [2.45, 2.75) is 31.3 Å². The van der Waals surface area contributed by atoms with Gasteiger partial charge in [0, 0.05) is 11.3 Å². The lowest BCUT2D eigenvalue weighted by atomic mass is 10.1. The highest BCUT2D eigenvalue weighted by Crippen LogP contribution is 2.28. The predicted octanol–water partition coefficient (Wildman–Crippen LogP) is 3.85. The molecule has 0 bridgehead atoms. The van der Waals surface area contributed by atoms with E-state index in [1.165, 1.54) is 30.2 Å². The first-order chi connectivity index (χ1) is 12.7. The van der Waals surface area contributed by atoms with E-state index >= 15 is 0 Å². The maximum absolute atomic E-state index is 11.2. The van der Waals surface area contributed by atoms with Crippen LogP contribution < -0.4 is 5.73 Å². The summed E-state index contributed by atoms with van der Waals surface area (Å²) in [5.74, 6) is 0.543. The maximum atomic E-state index is 11.2. The first-order valence-corrected chi connectivity index (χ1v) is 9.69. The van der Waals surface area contributed by atoms with E-state index in [-0.39, 0.29) is 11.7 Å². The van der Waals surface area contributed by atoms with Crippen LogP contribution in [-0.4, -0.2) is 26.4 Å². The molecule has 134 valence electrons. The molecule has 3 rings (SSSR count). The summed E-state index contributed by atoms with van der Waals surface area (Å²) in [6.45, 7) is 2.19. The van der Waals surface area contributed by atoms with Gasteiger partial charge in [0.25, 0.3) is 0 Å². The molecule has 0 saturated heterocycles. The van der Waals surface area contributed by atoms with Crippen molar-refractivity contribution in [3.63, 3.8) is 0 Å². The Morgan fingerprint density at radius 2 is 1.81 bits per heavy atom. The van der Waals surface area contributed by atoms with E-state index in [1.54, 1.807) is 0 Å². The van der Waals surface area contributed by atoms with E-state index in [9.17, 15) is 4.79 Å². The van der Waals surface area contributed by atoms with Crippen LogP contribution in [0, 0.1) is 0 Å². The van der Waals surface area contributed by atoms with Crippen LogP contribution in [0.15, 0.2) is 59.8 Å². The van der Waals surface area contributed by atoms with Crippen LogP contribution >= 0.6 is 11.8 Å². The Labute approximate surface area is 157 Å². The van der Waals surface area contributed by atoms with E-state index in [4.69, 9.17) is 5.73 Å². The van der Waals surface area contributed by atoms with Gasteiger partial charge in [0.05, 0.1) is 5.75 Å². The number of rotatable bonds is 8. The van der Waals surface area contributed by atoms with Crippen LogP contribution in [-0.2, 0) is 11.2 Å². The highest BCUT2D eigenvalue weighted by Gasteiger charge is 2.16. The average molecular weight is 366 g/mol. The Hall–Kier alpha value is -2.60. The molecule has 0 aliphatic carbocycles. The van der Waals surface area contributed by atoms with E-state index in [1.807, 2.05) is 34.9 Å². The molecule has 0 atom stereocenters. The lowest BCUT2D eigenvalue weighted by Gasteiger charge is -2.11. The summed E-state index contributed by atoms with van der Waals surface area (Å²) < 4.78 is 1.98. The molecule has 0 unspecified atom stereocenters. The largest absolute Gasteiger partial charge is 0.369 e. The maximum Gasteiger partial charge on any atom is 0.227 e. The first-order valence-electron chi connectivity index (χ1n) is 8.70. The van der Waals surface area contributed by atoms with Crippen molar-refractivity contribution in [1.82, 2.24) is 14.8 Å². The van der Waals surface area contributed by atoms with Gasteiger partial charge in [-0.2, -0.15) is 0 Å². The van der Waals surface area contributed by atoms with Crippen molar-refractivity contribution in [1.29, 1.82) is 0 Å². The fraction of sp³-hybridized carbons (Fsp3) is 0.250. The molecule has 5 nitrogen and oxygen atoms in total. The number of aromatic nitrogens is 3. The van der Waals surface area contributed by atoms with Crippen molar-refractivity contribution in [2.75, 3.05) is 5.75 Å². The summed E-state index contributed by atoms with van der Waals surface area (Å²) in [5, 5.41) is 9.29. The number of amides is 1. The minimum Gasteiger partial charge on any atom is -0.369 e. The lowest BCUT2D eigenvalue weighted by molar-refractivity contribution is -0.115. The van der Waals surface area contributed by atoms with Gasteiger partial charge >= 0.3 is 0 Å². The molecule has 1 aromatic heterocycles. The molecule has 3 aromatic rings. The zero-order chi connectivity index (χ0) is 18.4. The number of nitrogens with two attached hydrogens (primary N) is 1. The van der Waals surface area contributed by atoms with E-state index in [0.29, 0.717) is 5.16 Å². The first kappa shape index (κ1) is 18.2. The zero-order valence-corrected chi connectivity index (χ0v) is 15.6.